The molecule has 168 valence electrons. The first-order valence-electron chi connectivity index (χ1n) is 10.2. The highest BCUT2D eigenvalue weighted by Gasteiger charge is 2.20. The monoisotopic (exact) mass is 431 g/mol. The van der Waals surface area contributed by atoms with Crippen LogP contribution in [0.25, 0.3) is 10.8 Å². The Kier molecular flexibility index (Phi) is 8.24. The van der Waals surface area contributed by atoms with E-state index < -0.39 is 23.6 Å². The molecule has 0 saturated heterocycles. The average Bonchev–Trinajstić information content (AvgIpc) is 2.69. The number of carbonyl (C=O) groups excluding carboxylic acids is 3. The van der Waals surface area contributed by atoms with E-state index in [1.54, 1.807) is 65.0 Å². The van der Waals surface area contributed by atoms with E-state index in [4.69, 9.17) is 18.9 Å². The van der Waals surface area contributed by atoms with Crippen LogP contribution >= 0.6 is 0 Å². The number of amides is 1. The number of rotatable bonds is 8. The standard InChI is InChI=1S/C23H29NO7/c1-6-28-20(25)18-13-15-8-9-17(12-16(15)14-19(18)21(26)29-7-2)30-11-10-24-22(27)31-23(3,4)5/h8-9,12-14H,6-7,10-11H2,1-5H3,(H,24,27). The zero-order valence-corrected chi connectivity index (χ0v) is 18.6. The number of carbonyl (C=O) groups is 3. The summed E-state index contributed by atoms with van der Waals surface area (Å²) in [6.07, 6.45) is -0.514. The van der Waals surface area contributed by atoms with Crippen molar-refractivity contribution in [2.75, 3.05) is 26.4 Å². The fourth-order valence-electron chi connectivity index (χ4n) is 2.76. The quantitative estimate of drug-likeness (QED) is 0.382. The minimum absolute atomic E-state index is 0.136. The zero-order chi connectivity index (χ0) is 23.0. The Bertz CT molecular complexity index is 947. The predicted octanol–water partition coefficient (Wildman–Crippen LogP) is 4.10. The molecular weight excluding hydrogens is 402 g/mol. The van der Waals surface area contributed by atoms with Crippen LogP contribution in [0.4, 0.5) is 4.79 Å². The van der Waals surface area contributed by atoms with Gasteiger partial charge in [-0.15, -0.1) is 0 Å². The molecule has 0 radical (unpaired) electrons. The van der Waals surface area contributed by atoms with Gasteiger partial charge in [0.1, 0.15) is 18.0 Å². The first-order chi connectivity index (χ1) is 14.6. The predicted molar refractivity (Wildman–Crippen MR) is 116 cm³/mol. The summed E-state index contributed by atoms with van der Waals surface area (Å²) in [5.74, 6) is -0.626. The van der Waals surface area contributed by atoms with Crippen LogP contribution in [-0.4, -0.2) is 50.0 Å². The number of esters is 2. The Morgan fingerprint density at radius 3 is 2.00 bits per heavy atom. The summed E-state index contributed by atoms with van der Waals surface area (Å²) in [4.78, 5) is 36.3. The molecule has 2 aromatic rings. The van der Waals surface area contributed by atoms with Gasteiger partial charge in [-0.3, -0.25) is 0 Å². The fraction of sp³-hybridized carbons (Fsp3) is 0.435. The maximum Gasteiger partial charge on any atom is 0.407 e. The summed E-state index contributed by atoms with van der Waals surface area (Å²) in [7, 11) is 0. The molecule has 0 unspecified atom stereocenters. The molecule has 31 heavy (non-hydrogen) atoms. The first-order valence-corrected chi connectivity index (χ1v) is 10.2. The SMILES string of the molecule is CCOC(=O)c1cc2ccc(OCCNC(=O)OC(C)(C)C)cc2cc1C(=O)OCC. The maximum atomic E-state index is 12.4. The van der Waals surface area contributed by atoms with Crippen molar-refractivity contribution in [2.45, 2.75) is 40.2 Å². The number of nitrogens with one attached hydrogen (secondary N) is 1. The Balaban J connectivity index is 2.15. The molecule has 0 saturated carbocycles. The van der Waals surface area contributed by atoms with Crippen LogP contribution in [0.2, 0.25) is 0 Å². The number of fused-ring (bicyclic) bond motifs is 1. The van der Waals surface area contributed by atoms with Gasteiger partial charge in [-0.25, -0.2) is 14.4 Å². The average molecular weight is 431 g/mol. The van der Waals surface area contributed by atoms with Crippen LogP contribution in [0, 0.1) is 0 Å². The lowest BCUT2D eigenvalue weighted by Crippen LogP contribution is -2.34. The third kappa shape index (κ3) is 7.16. The molecule has 0 spiro atoms. The topological polar surface area (TPSA) is 100 Å². The molecule has 1 amide bonds. The summed E-state index contributed by atoms with van der Waals surface area (Å²) in [6.45, 7) is 9.64. The second kappa shape index (κ2) is 10.7. The molecule has 0 aromatic heterocycles. The van der Waals surface area contributed by atoms with Crippen LogP contribution in [-0.2, 0) is 14.2 Å². The molecule has 8 heteroatoms. The summed E-state index contributed by atoms with van der Waals surface area (Å²) in [5.41, 5.74) is -0.276. The van der Waals surface area contributed by atoms with Gasteiger partial charge >= 0.3 is 18.0 Å². The lowest BCUT2D eigenvalue weighted by Gasteiger charge is -2.19. The van der Waals surface area contributed by atoms with E-state index in [0.29, 0.717) is 11.1 Å². The molecule has 1 N–H and O–H groups in total. The molecule has 0 atom stereocenters. The second-order valence-electron chi connectivity index (χ2n) is 7.62. The van der Waals surface area contributed by atoms with Gasteiger partial charge < -0.3 is 24.3 Å². The Hall–Kier alpha value is -3.29. The minimum atomic E-state index is -0.597. The van der Waals surface area contributed by atoms with Crippen molar-refractivity contribution in [3.8, 4) is 5.75 Å². The van der Waals surface area contributed by atoms with Gasteiger partial charge in [0.15, 0.2) is 0 Å². The Labute approximate surface area is 181 Å². The van der Waals surface area contributed by atoms with Crippen LogP contribution in [0.3, 0.4) is 0 Å². The summed E-state index contributed by atoms with van der Waals surface area (Å²) < 4.78 is 21.0. The van der Waals surface area contributed by atoms with E-state index >= 15 is 0 Å². The minimum Gasteiger partial charge on any atom is -0.492 e. The van der Waals surface area contributed by atoms with Crippen molar-refractivity contribution < 1.29 is 33.3 Å². The van der Waals surface area contributed by atoms with E-state index in [9.17, 15) is 14.4 Å². The number of hydrogen-bond donors (Lipinski definition) is 1. The van der Waals surface area contributed by atoms with E-state index in [-0.39, 0.29) is 37.5 Å². The molecule has 0 heterocycles. The van der Waals surface area contributed by atoms with Crippen molar-refractivity contribution >= 4 is 28.8 Å². The highest BCUT2D eigenvalue weighted by molar-refractivity contribution is 6.07. The third-order valence-corrected chi connectivity index (χ3v) is 3.98. The van der Waals surface area contributed by atoms with Gasteiger partial charge in [-0.05, 0) is 69.7 Å². The van der Waals surface area contributed by atoms with Gasteiger partial charge in [-0.2, -0.15) is 0 Å². The number of ether oxygens (including phenoxy) is 4. The lowest BCUT2D eigenvalue weighted by molar-refractivity contribution is 0.0479. The van der Waals surface area contributed by atoms with Crippen molar-refractivity contribution in [1.29, 1.82) is 0 Å². The van der Waals surface area contributed by atoms with Crippen LogP contribution < -0.4 is 10.1 Å². The molecule has 0 bridgehead atoms. The van der Waals surface area contributed by atoms with E-state index in [1.807, 2.05) is 0 Å². The third-order valence-electron chi connectivity index (χ3n) is 3.98. The molecule has 2 rings (SSSR count). The van der Waals surface area contributed by atoms with E-state index in [0.717, 1.165) is 5.39 Å². The zero-order valence-electron chi connectivity index (χ0n) is 18.6. The summed E-state index contributed by atoms with van der Waals surface area (Å²) in [5, 5.41) is 4.07. The molecule has 2 aromatic carbocycles. The smallest absolute Gasteiger partial charge is 0.407 e. The van der Waals surface area contributed by atoms with Crippen molar-refractivity contribution in [3.05, 3.63) is 41.5 Å². The van der Waals surface area contributed by atoms with E-state index in [1.165, 1.54) is 0 Å². The molecule has 8 nitrogen and oxygen atoms in total. The molecule has 0 aliphatic carbocycles. The summed E-state index contributed by atoms with van der Waals surface area (Å²) >= 11 is 0. The lowest BCUT2D eigenvalue weighted by atomic mass is 10.0. The normalized spacial score (nSPS) is 11.0. The molecule has 0 aliphatic rings. The van der Waals surface area contributed by atoms with Crippen LogP contribution in [0.15, 0.2) is 30.3 Å². The van der Waals surface area contributed by atoms with Gasteiger partial charge in [0.2, 0.25) is 0 Å². The molecular formula is C23H29NO7. The van der Waals surface area contributed by atoms with Gasteiger partial charge in [0.25, 0.3) is 0 Å². The van der Waals surface area contributed by atoms with Crippen LogP contribution in [0.5, 0.6) is 5.75 Å². The van der Waals surface area contributed by atoms with Crippen molar-refractivity contribution in [1.82, 2.24) is 5.32 Å². The number of benzene rings is 2. The Morgan fingerprint density at radius 1 is 0.871 bits per heavy atom. The van der Waals surface area contributed by atoms with Gasteiger partial charge in [0.05, 0.1) is 30.9 Å². The largest absolute Gasteiger partial charge is 0.492 e. The first kappa shape index (κ1) is 24.0. The fourth-order valence-corrected chi connectivity index (χ4v) is 2.76. The molecule has 0 fully saturated rings. The van der Waals surface area contributed by atoms with E-state index in [2.05, 4.69) is 5.32 Å². The maximum absolute atomic E-state index is 12.4. The van der Waals surface area contributed by atoms with Gasteiger partial charge in [0, 0.05) is 0 Å². The molecule has 0 aliphatic heterocycles. The van der Waals surface area contributed by atoms with Crippen molar-refractivity contribution in [3.63, 3.8) is 0 Å². The number of hydrogen-bond acceptors (Lipinski definition) is 7. The number of alkyl carbamates (subject to hydrolysis) is 1. The highest BCUT2D eigenvalue weighted by atomic mass is 16.6. The second-order valence-corrected chi connectivity index (χ2v) is 7.62. The summed E-state index contributed by atoms with van der Waals surface area (Å²) in [6, 6.07) is 8.47. The highest BCUT2D eigenvalue weighted by Crippen LogP contribution is 2.26. The Morgan fingerprint density at radius 2 is 1.45 bits per heavy atom. The van der Waals surface area contributed by atoms with Crippen LogP contribution in [0.1, 0.15) is 55.3 Å². The van der Waals surface area contributed by atoms with Crippen molar-refractivity contribution in [2.24, 2.45) is 0 Å². The van der Waals surface area contributed by atoms with Gasteiger partial charge in [-0.1, -0.05) is 6.07 Å².